The van der Waals surface area contributed by atoms with Crippen LogP contribution >= 0.6 is 11.6 Å². The van der Waals surface area contributed by atoms with Crippen LogP contribution in [0.25, 0.3) is 10.9 Å². The number of hydrogen-bond donors (Lipinski definition) is 4. The SMILES string of the molecule is CC(=O)O.CCOC(=O)N1CCN(C(=O)[C@H](CCC(=O)O)NC(=O)c2cc(OC(C(=O)O)c3ccccc3)c3cc(Cl)cc(F)c3n2)CC1. The van der Waals surface area contributed by atoms with Crippen molar-refractivity contribution in [3.05, 3.63) is 70.6 Å². The molecule has 1 aromatic heterocycles. The Hall–Kier alpha value is -5.51. The molecule has 1 fully saturated rings. The molecule has 262 valence electrons. The van der Waals surface area contributed by atoms with Crippen LogP contribution in [0, 0.1) is 5.82 Å². The Morgan fingerprint density at radius 1 is 0.980 bits per heavy atom. The summed E-state index contributed by atoms with van der Waals surface area (Å²) in [6.45, 7) is 3.52. The Balaban J connectivity index is 0.00000154. The minimum absolute atomic E-state index is 0.00305. The summed E-state index contributed by atoms with van der Waals surface area (Å²) in [5, 5.41) is 29.0. The van der Waals surface area contributed by atoms with Gasteiger partial charge < -0.3 is 39.9 Å². The fourth-order valence-electron chi connectivity index (χ4n) is 4.75. The second-order valence-electron chi connectivity index (χ2n) is 10.5. The van der Waals surface area contributed by atoms with Gasteiger partial charge >= 0.3 is 18.0 Å². The first kappa shape index (κ1) is 37.9. The highest BCUT2D eigenvalue weighted by Gasteiger charge is 2.32. The Morgan fingerprint density at radius 2 is 1.59 bits per heavy atom. The second-order valence-corrected chi connectivity index (χ2v) is 11.0. The highest BCUT2D eigenvalue weighted by atomic mass is 35.5. The van der Waals surface area contributed by atoms with Gasteiger partial charge in [-0.15, -0.1) is 0 Å². The minimum Gasteiger partial charge on any atom is -0.481 e. The van der Waals surface area contributed by atoms with Gasteiger partial charge in [0, 0.05) is 61.6 Å². The van der Waals surface area contributed by atoms with Crippen molar-refractivity contribution in [1.29, 1.82) is 0 Å². The molecule has 4 rings (SSSR count). The monoisotopic (exact) mass is 704 g/mol. The maximum atomic E-state index is 15.1. The lowest BCUT2D eigenvalue weighted by atomic mass is 10.1. The van der Waals surface area contributed by atoms with Crippen LogP contribution in [0.5, 0.6) is 5.75 Å². The molecule has 1 saturated heterocycles. The van der Waals surface area contributed by atoms with Crippen molar-refractivity contribution >= 4 is 58.3 Å². The molecule has 0 spiro atoms. The van der Waals surface area contributed by atoms with Crippen molar-refractivity contribution in [3.8, 4) is 5.75 Å². The Bertz CT molecular complexity index is 1700. The highest BCUT2D eigenvalue weighted by Crippen LogP contribution is 2.33. The average molecular weight is 705 g/mol. The zero-order valence-corrected chi connectivity index (χ0v) is 27.2. The number of piperazine rings is 1. The molecule has 1 aliphatic heterocycles. The van der Waals surface area contributed by atoms with Crippen LogP contribution in [0.2, 0.25) is 5.02 Å². The maximum Gasteiger partial charge on any atom is 0.409 e. The van der Waals surface area contributed by atoms with E-state index in [1.165, 1.54) is 28.0 Å². The predicted octanol–water partition coefficient (Wildman–Crippen LogP) is 3.59. The third kappa shape index (κ3) is 10.8. The molecule has 15 nitrogen and oxygen atoms in total. The van der Waals surface area contributed by atoms with Gasteiger partial charge in [-0.1, -0.05) is 41.9 Å². The quantitative estimate of drug-likeness (QED) is 0.225. The van der Waals surface area contributed by atoms with Gasteiger partial charge in [-0.25, -0.2) is 19.0 Å². The number of aromatic nitrogens is 1. The summed E-state index contributed by atoms with van der Waals surface area (Å²) in [5.74, 6) is -6.07. The van der Waals surface area contributed by atoms with Crippen LogP contribution in [0.3, 0.4) is 0 Å². The lowest BCUT2D eigenvalue weighted by molar-refractivity contribution is -0.145. The van der Waals surface area contributed by atoms with Crippen LogP contribution in [0.15, 0.2) is 48.5 Å². The zero-order chi connectivity index (χ0) is 36.2. The van der Waals surface area contributed by atoms with E-state index in [9.17, 15) is 34.2 Å². The summed E-state index contributed by atoms with van der Waals surface area (Å²) in [5.41, 5.74) is -0.496. The van der Waals surface area contributed by atoms with Gasteiger partial charge in [0.25, 0.3) is 11.9 Å². The number of carboxylic acids is 3. The van der Waals surface area contributed by atoms with E-state index in [-0.39, 0.29) is 66.4 Å². The molecule has 1 aliphatic rings. The van der Waals surface area contributed by atoms with E-state index in [1.54, 1.807) is 25.1 Å². The number of carboxylic acid groups (broad SMARTS) is 3. The van der Waals surface area contributed by atoms with Gasteiger partial charge in [0.2, 0.25) is 12.0 Å². The molecule has 0 aliphatic carbocycles. The van der Waals surface area contributed by atoms with Gasteiger partial charge in [0.15, 0.2) is 5.82 Å². The van der Waals surface area contributed by atoms with E-state index in [4.69, 9.17) is 31.0 Å². The van der Waals surface area contributed by atoms with Crippen molar-refractivity contribution in [2.24, 2.45) is 0 Å². The smallest absolute Gasteiger partial charge is 0.409 e. The molecular formula is C32H34ClFN4O11. The number of nitrogens with one attached hydrogen (secondary N) is 1. The highest BCUT2D eigenvalue weighted by molar-refractivity contribution is 6.31. The lowest BCUT2D eigenvalue weighted by Crippen LogP contribution is -2.56. The standard InChI is InChI=1S/C30H30ClFN4O9.C2H4O2/c1-2-44-30(43)36-12-10-35(11-13-36)28(40)21(8-9-24(37)38)34-27(39)22-16-23(19-14-18(31)15-20(32)25(19)33-22)45-26(29(41)42)17-6-4-3-5-7-17;1-2(3)4/h3-7,14-16,21,26H,2,8-13H2,1H3,(H,34,39)(H,37,38)(H,41,42);1H3,(H,3,4)/t21-,26?;/m0./s1. The predicted molar refractivity (Wildman–Crippen MR) is 171 cm³/mol. The first-order valence-corrected chi connectivity index (χ1v) is 15.3. The fourth-order valence-corrected chi connectivity index (χ4v) is 4.96. The number of benzene rings is 2. The molecule has 3 aromatic rings. The lowest BCUT2D eigenvalue weighted by Gasteiger charge is -2.35. The molecule has 4 N–H and O–H groups in total. The summed E-state index contributed by atoms with van der Waals surface area (Å²) < 4.78 is 25.9. The molecule has 1 unspecified atom stereocenters. The molecule has 0 bridgehead atoms. The molecule has 3 amide bonds. The number of hydrogen-bond acceptors (Lipinski definition) is 9. The number of ether oxygens (including phenoxy) is 2. The Labute approximate surface area is 284 Å². The first-order valence-electron chi connectivity index (χ1n) is 14.9. The van der Waals surface area contributed by atoms with Crippen LogP contribution in [-0.2, 0) is 23.9 Å². The van der Waals surface area contributed by atoms with Crippen molar-refractivity contribution in [3.63, 3.8) is 0 Å². The van der Waals surface area contributed by atoms with Crippen molar-refractivity contribution < 1.29 is 58.0 Å². The van der Waals surface area contributed by atoms with E-state index >= 15 is 4.39 Å². The molecule has 0 saturated carbocycles. The van der Waals surface area contributed by atoms with E-state index in [1.807, 2.05) is 0 Å². The molecule has 17 heteroatoms. The molecular weight excluding hydrogens is 671 g/mol. The summed E-state index contributed by atoms with van der Waals surface area (Å²) in [6, 6.07) is 10.0. The van der Waals surface area contributed by atoms with Crippen LogP contribution in [0.1, 0.15) is 48.8 Å². The van der Waals surface area contributed by atoms with Crippen LogP contribution < -0.4 is 10.1 Å². The number of amides is 3. The summed E-state index contributed by atoms with van der Waals surface area (Å²) in [6.07, 6.45) is -2.79. The van der Waals surface area contributed by atoms with Gasteiger partial charge in [0.05, 0.1) is 6.61 Å². The van der Waals surface area contributed by atoms with Crippen LogP contribution in [0.4, 0.5) is 9.18 Å². The van der Waals surface area contributed by atoms with Gasteiger partial charge in [-0.2, -0.15) is 0 Å². The number of carbonyl (C=O) groups is 6. The number of aliphatic carboxylic acids is 3. The number of nitrogens with zero attached hydrogens (tertiary/aromatic N) is 3. The second kappa shape index (κ2) is 17.6. The van der Waals surface area contributed by atoms with Gasteiger partial charge in [0.1, 0.15) is 23.0 Å². The zero-order valence-electron chi connectivity index (χ0n) is 26.4. The third-order valence-electron chi connectivity index (χ3n) is 6.97. The average Bonchev–Trinajstić information content (AvgIpc) is 3.05. The van der Waals surface area contributed by atoms with Crippen LogP contribution in [-0.4, -0.2) is 105 Å². The van der Waals surface area contributed by atoms with Crippen molar-refractivity contribution in [1.82, 2.24) is 20.1 Å². The molecule has 49 heavy (non-hydrogen) atoms. The molecule has 2 aromatic carbocycles. The first-order chi connectivity index (χ1) is 23.2. The number of fused-ring (bicyclic) bond motifs is 1. The normalized spacial score (nSPS) is 13.7. The number of halogens is 2. The van der Waals surface area contributed by atoms with E-state index in [0.29, 0.717) is 0 Å². The van der Waals surface area contributed by atoms with Crippen molar-refractivity contribution in [2.45, 2.75) is 38.8 Å². The topological polar surface area (TPSA) is 213 Å². The summed E-state index contributed by atoms with van der Waals surface area (Å²) in [4.78, 5) is 78.3. The molecule has 0 radical (unpaired) electrons. The summed E-state index contributed by atoms with van der Waals surface area (Å²) >= 11 is 6.06. The maximum absolute atomic E-state index is 15.1. The van der Waals surface area contributed by atoms with Gasteiger partial charge in [-0.3, -0.25) is 19.2 Å². The number of carbonyl (C=O) groups excluding carboxylic acids is 3. The summed E-state index contributed by atoms with van der Waals surface area (Å²) in [7, 11) is 0. The number of rotatable bonds is 11. The largest absolute Gasteiger partial charge is 0.481 e. The van der Waals surface area contributed by atoms with E-state index < -0.39 is 65.9 Å². The van der Waals surface area contributed by atoms with Gasteiger partial charge in [-0.05, 0) is 25.5 Å². The Morgan fingerprint density at radius 3 is 2.16 bits per heavy atom. The van der Waals surface area contributed by atoms with Crippen molar-refractivity contribution in [2.75, 3.05) is 32.8 Å². The van der Waals surface area contributed by atoms with E-state index in [0.717, 1.165) is 19.1 Å². The Kier molecular flexibility index (Phi) is 13.6. The molecule has 2 atom stereocenters. The third-order valence-corrected chi connectivity index (χ3v) is 7.18. The molecule has 2 heterocycles. The number of pyridine rings is 1. The minimum atomic E-state index is -1.55. The van der Waals surface area contributed by atoms with E-state index in [2.05, 4.69) is 10.3 Å². The fraction of sp³-hybridized carbons (Fsp3) is 0.344.